The summed E-state index contributed by atoms with van der Waals surface area (Å²) in [6.45, 7) is 8.50. The van der Waals surface area contributed by atoms with Crippen molar-refractivity contribution in [2.75, 3.05) is 32.2 Å². The highest BCUT2D eigenvalue weighted by Crippen LogP contribution is 2.32. The maximum atomic E-state index is 15.0. The van der Waals surface area contributed by atoms with Gasteiger partial charge in [0.1, 0.15) is 12.4 Å². The number of amides is 1. The number of carbonyl (C=O) groups excluding carboxylic acids is 1. The van der Waals surface area contributed by atoms with Crippen molar-refractivity contribution in [1.29, 1.82) is 0 Å². The molecule has 4 aromatic rings. The van der Waals surface area contributed by atoms with Gasteiger partial charge in [0.25, 0.3) is 0 Å². The van der Waals surface area contributed by atoms with Crippen molar-refractivity contribution in [3.63, 3.8) is 0 Å². The lowest BCUT2D eigenvalue weighted by Gasteiger charge is -2.13. The zero-order chi connectivity index (χ0) is 32.2. The molecule has 1 aromatic heterocycles. The summed E-state index contributed by atoms with van der Waals surface area (Å²) in [5, 5.41) is 2.79. The van der Waals surface area contributed by atoms with Crippen LogP contribution in [0.5, 0.6) is 11.5 Å². The molecule has 1 heterocycles. The molecule has 0 fully saturated rings. The van der Waals surface area contributed by atoms with E-state index in [1.165, 1.54) is 25.3 Å². The molecule has 0 radical (unpaired) electrons. The van der Waals surface area contributed by atoms with Crippen LogP contribution < -0.4 is 14.8 Å². The summed E-state index contributed by atoms with van der Waals surface area (Å²) in [6.07, 6.45) is 6.71. The second-order valence-electron chi connectivity index (χ2n) is 10.3. The summed E-state index contributed by atoms with van der Waals surface area (Å²) in [5.74, 6) is 0.150. The van der Waals surface area contributed by atoms with Crippen LogP contribution in [0.25, 0.3) is 17.2 Å². The first kappa shape index (κ1) is 33.8. The lowest BCUT2D eigenvalue weighted by atomic mass is 10.0. The Hall–Kier alpha value is -4.12. The van der Waals surface area contributed by atoms with E-state index >= 15 is 0 Å². The van der Waals surface area contributed by atoms with E-state index in [-0.39, 0.29) is 5.75 Å². The number of methoxy groups -OCH3 is 1. The van der Waals surface area contributed by atoms with Crippen LogP contribution >= 0.6 is 0 Å². The van der Waals surface area contributed by atoms with Gasteiger partial charge in [-0.3, -0.25) is 4.79 Å². The number of nitrogens with zero attached hydrogens (tertiary/aromatic N) is 2. The minimum atomic E-state index is -1.26. The van der Waals surface area contributed by atoms with Gasteiger partial charge in [-0.2, -0.15) is 0 Å². The average Bonchev–Trinajstić information content (AvgIpc) is 3.40. The van der Waals surface area contributed by atoms with Crippen LogP contribution in [0.15, 0.2) is 78.0 Å². The van der Waals surface area contributed by atoms with Crippen molar-refractivity contribution in [2.45, 2.75) is 50.8 Å². The van der Waals surface area contributed by atoms with Gasteiger partial charge in [0.15, 0.2) is 22.2 Å². The number of aromatic nitrogens is 2. The molecule has 0 bridgehead atoms. The van der Waals surface area contributed by atoms with Crippen LogP contribution in [0.3, 0.4) is 0 Å². The minimum Gasteiger partial charge on any atom is -0.611 e. The van der Waals surface area contributed by atoms with E-state index < -0.39 is 22.9 Å². The van der Waals surface area contributed by atoms with Crippen molar-refractivity contribution in [3.05, 3.63) is 95.8 Å². The van der Waals surface area contributed by atoms with Crippen molar-refractivity contribution in [1.82, 2.24) is 9.55 Å². The molecule has 4 rings (SSSR count). The lowest BCUT2D eigenvalue weighted by molar-refractivity contribution is -0.111. The Morgan fingerprint density at radius 1 is 1.04 bits per heavy atom. The predicted molar refractivity (Wildman–Crippen MR) is 176 cm³/mol. The second-order valence-corrected chi connectivity index (χ2v) is 11.8. The van der Waals surface area contributed by atoms with Crippen LogP contribution in [0.1, 0.15) is 43.6 Å². The van der Waals surface area contributed by atoms with Gasteiger partial charge in [-0.05, 0) is 97.2 Å². The third-order valence-electron chi connectivity index (χ3n) is 7.17. The highest BCUT2D eigenvalue weighted by Gasteiger charge is 2.18. The van der Waals surface area contributed by atoms with E-state index in [1.807, 2.05) is 42.7 Å². The van der Waals surface area contributed by atoms with Crippen molar-refractivity contribution in [2.24, 2.45) is 0 Å². The number of aryl methyl sites for hydroxylation is 2. The lowest BCUT2D eigenvalue weighted by Crippen LogP contribution is -2.11. The molecular weight excluding hydrogens is 593 g/mol. The van der Waals surface area contributed by atoms with Gasteiger partial charge in [0.05, 0.1) is 31.4 Å². The molecule has 0 saturated carbocycles. The molecule has 0 aliphatic carbocycles. The molecule has 8 nitrogen and oxygen atoms in total. The molecule has 0 aliphatic rings. The van der Waals surface area contributed by atoms with Gasteiger partial charge in [-0.25, -0.2) is 9.37 Å². The molecule has 3 aromatic carbocycles. The molecule has 1 N–H and O–H groups in total. The fourth-order valence-electron chi connectivity index (χ4n) is 4.65. The molecular formula is C35H40FN3O5S. The van der Waals surface area contributed by atoms with Gasteiger partial charge >= 0.3 is 0 Å². The zero-order valence-electron chi connectivity index (χ0n) is 26.2. The maximum Gasteiger partial charge on any atom is 0.248 e. The summed E-state index contributed by atoms with van der Waals surface area (Å²) in [5.41, 5.74) is 4.18. The highest BCUT2D eigenvalue weighted by atomic mass is 32.2. The molecule has 0 spiro atoms. The summed E-state index contributed by atoms with van der Waals surface area (Å²) < 4.78 is 46.5. The van der Waals surface area contributed by atoms with Gasteiger partial charge in [-0.1, -0.05) is 25.5 Å². The molecule has 0 saturated heterocycles. The van der Waals surface area contributed by atoms with E-state index in [0.717, 1.165) is 42.9 Å². The normalized spacial score (nSPS) is 12.0. The summed E-state index contributed by atoms with van der Waals surface area (Å²) in [4.78, 5) is 17.7. The van der Waals surface area contributed by atoms with Crippen LogP contribution in [-0.4, -0.2) is 46.9 Å². The maximum absolute atomic E-state index is 15.0. The van der Waals surface area contributed by atoms with Crippen LogP contribution in [0, 0.1) is 12.7 Å². The van der Waals surface area contributed by atoms with Crippen LogP contribution in [0.4, 0.5) is 10.1 Å². The minimum absolute atomic E-state index is 0.0392. The largest absolute Gasteiger partial charge is 0.611 e. The number of unbranched alkanes of at least 4 members (excludes halogenated alkanes) is 1. The summed E-state index contributed by atoms with van der Waals surface area (Å²) >= 11 is -1.26. The van der Waals surface area contributed by atoms with Gasteiger partial charge in [0.2, 0.25) is 5.91 Å². The number of nitrogens with one attached hydrogen (secondary N) is 1. The van der Waals surface area contributed by atoms with E-state index in [1.54, 1.807) is 36.7 Å². The molecule has 10 heteroatoms. The topological polar surface area (TPSA) is 97.7 Å². The number of hydrogen-bond acceptors (Lipinski definition) is 6. The molecule has 238 valence electrons. The number of rotatable bonds is 16. The third-order valence-corrected chi connectivity index (χ3v) is 8.50. The first-order chi connectivity index (χ1) is 21.8. The highest BCUT2D eigenvalue weighted by molar-refractivity contribution is 7.90. The molecule has 45 heavy (non-hydrogen) atoms. The van der Waals surface area contributed by atoms with Crippen molar-refractivity contribution in [3.8, 4) is 22.6 Å². The summed E-state index contributed by atoms with van der Waals surface area (Å²) in [6, 6.07) is 17.4. The van der Waals surface area contributed by atoms with Gasteiger partial charge < -0.3 is 28.6 Å². The Morgan fingerprint density at radius 3 is 2.49 bits per heavy atom. The van der Waals surface area contributed by atoms with E-state index in [0.29, 0.717) is 46.4 Å². The van der Waals surface area contributed by atoms with Gasteiger partial charge in [0, 0.05) is 30.5 Å². The molecule has 1 atom stereocenters. The van der Waals surface area contributed by atoms with Crippen LogP contribution in [0.2, 0.25) is 0 Å². The van der Waals surface area contributed by atoms with Crippen LogP contribution in [-0.2, 0) is 33.0 Å². The van der Waals surface area contributed by atoms with Crippen molar-refractivity contribution < 1.29 is 27.9 Å². The fourth-order valence-corrected chi connectivity index (χ4v) is 5.88. The van der Waals surface area contributed by atoms with E-state index in [4.69, 9.17) is 14.2 Å². The zero-order valence-corrected chi connectivity index (χ0v) is 27.0. The SMILES string of the molecule is CCCCOCCOc1ccc(-c2cc(F)c(OC)c(/C=C/C(=O)Nc3ccc([S@+]([O-])Cc4c(C)ncn4CC)cc3)c2)cc1. The number of halogens is 1. The van der Waals surface area contributed by atoms with E-state index in [9.17, 15) is 13.7 Å². The number of ether oxygens (including phenoxy) is 3. The third kappa shape index (κ3) is 9.43. The first-order valence-corrected chi connectivity index (χ1v) is 16.3. The second kappa shape index (κ2) is 16.8. The first-order valence-electron chi connectivity index (χ1n) is 15.0. The predicted octanol–water partition coefficient (Wildman–Crippen LogP) is 7.18. The molecule has 0 aliphatic heterocycles. The fraction of sp³-hybridized carbons (Fsp3) is 0.314. The number of imidazole rings is 1. The number of benzene rings is 3. The molecule has 0 unspecified atom stereocenters. The number of anilines is 1. The number of carbonyl (C=O) groups is 1. The Labute approximate surface area is 267 Å². The Bertz CT molecular complexity index is 1570. The molecule has 1 amide bonds. The van der Waals surface area contributed by atoms with E-state index in [2.05, 4.69) is 17.2 Å². The standard InChI is InChI=1S/C35H40FN3O5S/c1-5-7-18-43-19-20-44-30-13-8-26(9-14-30)28-21-27(35(42-4)32(36)22-28)10-17-34(40)38-29-11-15-31(16-12-29)45(41)23-33-25(3)37-24-39(33)6-2/h8-17,21-22,24H,5-7,18-20,23H2,1-4H3,(H,38,40)/b17-10+/t45-/m1/s1. The van der Waals surface area contributed by atoms with Gasteiger partial charge in [-0.15, -0.1) is 0 Å². The average molecular weight is 634 g/mol. The smallest absolute Gasteiger partial charge is 0.248 e. The Morgan fingerprint density at radius 2 is 1.80 bits per heavy atom. The Kier molecular flexibility index (Phi) is 12.6. The monoisotopic (exact) mass is 633 g/mol. The quantitative estimate of drug-likeness (QED) is 0.0798. The summed E-state index contributed by atoms with van der Waals surface area (Å²) in [7, 11) is 1.39. The Balaban J connectivity index is 1.38. The van der Waals surface area contributed by atoms with Crippen molar-refractivity contribution >= 4 is 28.8 Å². The number of hydrogen-bond donors (Lipinski definition) is 1.